The molecule has 2 amide bonds. The Labute approximate surface area is 203 Å². The highest BCUT2D eigenvalue weighted by Crippen LogP contribution is 2.21. The third kappa shape index (κ3) is 4.60. The van der Waals surface area contributed by atoms with Gasteiger partial charge in [-0.15, -0.1) is 0 Å². The SMILES string of the molecule is Cn1c(=O)n(N2C(=O)CCCC2=O)c2ccc(C#CC3CCN(Cc4ccc(N)cc4)CC3)cc21. The molecule has 2 aliphatic rings. The van der Waals surface area contributed by atoms with E-state index in [2.05, 4.69) is 28.9 Å². The number of aryl methyl sites for hydroxylation is 1. The van der Waals surface area contributed by atoms with Crippen molar-refractivity contribution in [2.75, 3.05) is 23.8 Å². The highest BCUT2D eigenvalue weighted by molar-refractivity contribution is 6.11. The van der Waals surface area contributed by atoms with Gasteiger partial charge in [0.2, 0.25) is 11.8 Å². The summed E-state index contributed by atoms with van der Waals surface area (Å²) in [5, 5.41) is 0.998. The molecule has 2 fully saturated rings. The van der Waals surface area contributed by atoms with Crippen molar-refractivity contribution in [1.29, 1.82) is 0 Å². The van der Waals surface area contributed by atoms with Crippen molar-refractivity contribution >= 4 is 28.5 Å². The van der Waals surface area contributed by atoms with Crippen molar-refractivity contribution < 1.29 is 9.59 Å². The van der Waals surface area contributed by atoms with Gasteiger partial charge in [0.1, 0.15) is 0 Å². The van der Waals surface area contributed by atoms with Crippen LogP contribution < -0.4 is 16.4 Å². The molecule has 1 aromatic heterocycles. The predicted molar refractivity (Wildman–Crippen MR) is 135 cm³/mol. The summed E-state index contributed by atoms with van der Waals surface area (Å²) in [5.41, 5.74) is 9.40. The normalized spacial score (nSPS) is 17.6. The van der Waals surface area contributed by atoms with Crippen molar-refractivity contribution in [2.45, 2.75) is 38.6 Å². The van der Waals surface area contributed by atoms with Crippen LogP contribution in [0.25, 0.3) is 11.0 Å². The van der Waals surface area contributed by atoms with Crippen LogP contribution in [0.2, 0.25) is 0 Å². The van der Waals surface area contributed by atoms with Gasteiger partial charge in [-0.25, -0.2) is 4.79 Å². The number of carbonyl (C=O) groups is 2. The van der Waals surface area contributed by atoms with Crippen molar-refractivity contribution in [1.82, 2.24) is 14.1 Å². The maximum Gasteiger partial charge on any atom is 0.348 e. The van der Waals surface area contributed by atoms with Gasteiger partial charge in [-0.05, 0) is 68.2 Å². The molecule has 8 heteroatoms. The second-order valence-corrected chi connectivity index (χ2v) is 9.37. The lowest BCUT2D eigenvalue weighted by atomic mass is 9.96. The van der Waals surface area contributed by atoms with E-state index in [1.54, 1.807) is 13.1 Å². The number of likely N-dealkylation sites (tertiary alicyclic amines) is 1. The lowest BCUT2D eigenvalue weighted by Crippen LogP contribution is -2.52. The first-order valence-electron chi connectivity index (χ1n) is 12.1. The fourth-order valence-corrected chi connectivity index (χ4v) is 4.86. The van der Waals surface area contributed by atoms with Crippen molar-refractivity contribution in [3.8, 4) is 11.8 Å². The smallest absolute Gasteiger partial charge is 0.348 e. The lowest BCUT2D eigenvalue weighted by Gasteiger charge is -2.29. The number of carbonyl (C=O) groups excluding carboxylic acids is 2. The summed E-state index contributed by atoms with van der Waals surface area (Å²) in [6, 6.07) is 13.5. The maximum absolute atomic E-state index is 12.9. The second-order valence-electron chi connectivity index (χ2n) is 9.37. The third-order valence-corrected chi connectivity index (χ3v) is 6.88. The summed E-state index contributed by atoms with van der Waals surface area (Å²) in [6.07, 6.45) is 3.07. The molecule has 2 saturated heterocycles. The molecule has 3 aromatic rings. The number of nitrogens with zero attached hydrogens (tertiary/aromatic N) is 4. The molecule has 2 aromatic carbocycles. The molecular formula is C27H29N5O3. The van der Waals surface area contributed by atoms with Gasteiger partial charge in [-0.1, -0.05) is 24.0 Å². The van der Waals surface area contributed by atoms with E-state index >= 15 is 0 Å². The predicted octanol–water partition coefficient (Wildman–Crippen LogP) is 2.36. The van der Waals surface area contributed by atoms with E-state index < -0.39 is 5.69 Å². The van der Waals surface area contributed by atoms with Gasteiger partial charge in [0.15, 0.2) is 0 Å². The molecule has 8 nitrogen and oxygen atoms in total. The number of imidazole rings is 1. The Kier molecular flexibility index (Phi) is 6.18. The molecule has 0 atom stereocenters. The quantitative estimate of drug-likeness (QED) is 0.360. The first kappa shape index (κ1) is 22.9. The number of benzene rings is 2. The van der Waals surface area contributed by atoms with E-state index in [1.807, 2.05) is 24.3 Å². The van der Waals surface area contributed by atoms with Gasteiger partial charge < -0.3 is 5.73 Å². The van der Waals surface area contributed by atoms with Gasteiger partial charge in [0.05, 0.1) is 11.0 Å². The summed E-state index contributed by atoms with van der Waals surface area (Å²) < 4.78 is 2.67. The van der Waals surface area contributed by atoms with Crippen LogP contribution >= 0.6 is 0 Å². The minimum absolute atomic E-state index is 0.261. The molecule has 0 unspecified atom stereocenters. The summed E-state index contributed by atoms with van der Waals surface area (Å²) in [4.78, 5) is 40.1. The van der Waals surface area contributed by atoms with E-state index in [9.17, 15) is 14.4 Å². The van der Waals surface area contributed by atoms with E-state index in [-0.39, 0.29) is 24.7 Å². The molecular weight excluding hydrogens is 442 g/mol. The highest BCUT2D eigenvalue weighted by atomic mass is 16.2. The second kappa shape index (κ2) is 9.43. The number of hydrogen-bond donors (Lipinski definition) is 1. The summed E-state index contributed by atoms with van der Waals surface area (Å²) in [6.45, 7) is 2.92. The number of aromatic nitrogens is 2. The Morgan fingerprint density at radius 2 is 1.63 bits per heavy atom. The number of nitrogens with two attached hydrogens (primary N) is 1. The number of amides is 2. The van der Waals surface area contributed by atoms with Crippen LogP contribution in [0.5, 0.6) is 0 Å². The fourth-order valence-electron chi connectivity index (χ4n) is 4.86. The number of fused-ring (bicyclic) bond motifs is 1. The van der Waals surface area contributed by atoms with Crippen LogP contribution in [0.3, 0.4) is 0 Å². The highest BCUT2D eigenvalue weighted by Gasteiger charge is 2.31. The van der Waals surface area contributed by atoms with Gasteiger partial charge in [-0.2, -0.15) is 9.69 Å². The zero-order valence-corrected chi connectivity index (χ0v) is 19.9. The maximum atomic E-state index is 12.9. The Morgan fingerprint density at radius 3 is 2.31 bits per heavy atom. The zero-order chi connectivity index (χ0) is 24.5. The monoisotopic (exact) mass is 471 g/mol. The van der Waals surface area contributed by atoms with Crippen LogP contribution in [0.15, 0.2) is 47.3 Å². The Bertz CT molecular complexity index is 1380. The molecule has 2 aliphatic heterocycles. The average Bonchev–Trinajstić information content (AvgIpc) is 3.10. The minimum Gasteiger partial charge on any atom is -0.399 e. The first-order valence-corrected chi connectivity index (χ1v) is 12.1. The number of rotatable bonds is 3. The molecule has 0 saturated carbocycles. The average molecular weight is 472 g/mol. The van der Waals surface area contributed by atoms with Crippen molar-refractivity contribution in [3.05, 3.63) is 64.1 Å². The standard InChI is InChI=1S/C27H29N5O3/c1-29-24-17-20(9-12-23(24)31(27(29)35)32-25(33)3-2-4-26(32)34)6-5-19-13-15-30(16-14-19)18-21-7-10-22(28)11-8-21/h7-12,17,19H,2-4,13-16,18,28H2,1H3. The van der Waals surface area contributed by atoms with Gasteiger partial charge in [-0.3, -0.25) is 19.1 Å². The van der Waals surface area contributed by atoms with Crippen LogP contribution in [-0.4, -0.2) is 39.0 Å². The van der Waals surface area contributed by atoms with Crippen LogP contribution in [0.4, 0.5) is 5.69 Å². The van der Waals surface area contributed by atoms with Crippen molar-refractivity contribution in [2.24, 2.45) is 13.0 Å². The molecule has 35 heavy (non-hydrogen) atoms. The fraction of sp³-hybridized carbons (Fsp3) is 0.370. The third-order valence-electron chi connectivity index (χ3n) is 6.88. The number of piperidine rings is 2. The lowest BCUT2D eigenvalue weighted by molar-refractivity contribution is -0.131. The van der Waals surface area contributed by atoms with E-state index in [0.29, 0.717) is 23.4 Å². The van der Waals surface area contributed by atoms with Crippen molar-refractivity contribution in [3.63, 3.8) is 0 Å². The Morgan fingerprint density at radius 1 is 0.943 bits per heavy atom. The summed E-state index contributed by atoms with van der Waals surface area (Å²) in [7, 11) is 1.65. The molecule has 0 aliphatic carbocycles. The molecule has 0 bridgehead atoms. The zero-order valence-electron chi connectivity index (χ0n) is 19.9. The number of anilines is 1. The number of nitrogen functional groups attached to an aromatic ring is 1. The minimum atomic E-state index is -0.415. The Hall–Kier alpha value is -3.83. The van der Waals surface area contributed by atoms with Crippen LogP contribution in [0, 0.1) is 17.8 Å². The largest absolute Gasteiger partial charge is 0.399 e. The molecule has 0 spiro atoms. The molecule has 180 valence electrons. The molecule has 5 rings (SSSR count). The molecule has 3 heterocycles. The summed E-state index contributed by atoms with van der Waals surface area (Å²) >= 11 is 0. The molecule has 2 N–H and O–H groups in total. The van der Waals surface area contributed by atoms with Gasteiger partial charge in [0, 0.05) is 43.6 Å². The van der Waals surface area contributed by atoms with Crippen LogP contribution in [-0.2, 0) is 23.2 Å². The first-order chi connectivity index (χ1) is 16.9. The van der Waals surface area contributed by atoms with E-state index in [1.165, 1.54) is 14.8 Å². The van der Waals surface area contributed by atoms with Crippen LogP contribution in [0.1, 0.15) is 43.2 Å². The summed E-state index contributed by atoms with van der Waals surface area (Å²) in [5.74, 6) is 6.32. The Balaban J connectivity index is 1.30. The topological polar surface area (TPSA) is 93.6 Å². The van der Waals surface area contributed by atoms with Gasteiger partial charge in [0.25, 0.3) is 0 Å². The van der Waals surface area contributed by atoms with Gasteiger partial charge >= 0.3 is 5.69 Å². The molecule has 0 radical (unpaired) electrons. The van der Waals surface area contributed by atoms with E-state index in [4.69, 9.17) is 5.73 Å². The number of imide groups is 1. The van der Waals surface area contributed by atoms with E-state index in [0.717, 1.165) is 48.7 Å². The number of hydrogen-bond acceptors (Lipinski definition) is 5.